The molecule has 0 aromatic heterocycles. The van der Waals surface area contributed by atoms with Crippen molar-refractivity contribution in [3.63, 3.8) is 0 Å². The molecule has 8 heterocycles. The number of hydrogen-bond donors (Lipinski definition) is 2. The molecular formula is C26H38F16N10O8P6. The minimum atomic E-state index is -4.88. The monoisotopic (exact) mass is 1110 g/mol. The van der Waals surface area contributed by atoms with Crippen LogP contribution in [0, 0.1) is 0 Å². The topological polar surface area (TPSA) is 179 Å². The molecular weight excluding hydrogens is 1070 g/mol. The van der Waals surface area contributed by atoms with Crippen molar-refractivity contribution in [2.75, 3.05) is 92.1 Å². The van der Waals surface area contributed by atoms with Crippen molar-refractivity contribution in [3.05, 3.63) is 0 Å². The fourth-order valence-electron chi connectivity index (χ4n) is 6.66. The molecule has 0 radical (unpaired) electrons. The van der Waals surface area contributed by atoms with E-state index in [4.69, 9.17) is 36.2 Å². The second-order valence-electron chi connectivity index (χ2n) is 15.6. The number of alkyl halides is 16. The van der Waals surface area contributed by atoms with Crippen LogP contribution >= 0.6 is 45.6 Å². The van der Waals surface area contributed by atoms with Crippen LogP contribution in [0.25, 0.3) is 0 Å². The van der Waals surface area contributed by atoms with Gasteiger partial charge >= 0.3 is 78.0 Å². The first-order valence-electron chi connectivity index (χ1n) is 19.3. The van der Waals surface area contributed by atoms with Gasteiger partial charge in [-0.2, -0.15) is 88.3 Å². The van der Waals surface area contributed by atoms with Gasteiger partial charge in [-0.3, -0.25) is 46.4 Å². The number of halogens is 16. The van der Waals surface area contributed by atoms with Crippen LogP contribution in [0.1, 0.15) is 25.7 Å². The number of rotatable bonds is 5. The van der Waals surface area contributed by atoms with Crippen molar-refractivity contribution in [2.45, 2.75) is 73.1 Å². The van der Waals surface area contributed by atoms with Crippen molar-refractivity contribution in [3.8, 4) is 0 Å². The molecule has 8 aliphatic rings. The first-order chi connectivity index (χ1) is 30.3. The van der Waals surface area contributed by atoms with Crippen LogP contribution in [0.5, 0.6) is 0 Å². The Morgan fingerprint density at radius 2 is 0.576 bits per heavy atom. The highest BCUT2D eigenvalue weighted by Crippen LogP contribution is 2.83. The maximum Gasteiger partial charge on any atom is 0.347 e. The Balaban J connectivity index is 1.12. The molecule has 2 unspecified atom stereocenters. The highest BCUT2D eigenvalue weighted by atomic mass is 31.3. The number of hydrogen-bond acceptors (Lipinski definition) is 18. The number of nitrogens with zero attached hydrogens (tertiary/aromatic N) is 8. The van der Waals surface area contributed by atoms with Crippen LogP contribution in [-0.2, 0) is 36.2 Å². The van der Waals surface area contributed by atoms with Crippen molar-refractivity contribution in [1.29, 1.82) is 0 Å². The fraction of sp³-hybridized carbons (Fsp3) is 1.00. The molecule has 8 aliphatic heterocycles. The lowest BCUT2D eigenvalue weighted by atomic mass is 10.2. The van der Waals surface area contributed by atoms with E-state index in [2.05, 4.69) is 37.3 Å². The first kappa shape index (κ1) is 52.1. The molecule has 6 saturated heterocycles. The Kier molecular flexibility index (Phi) is 13.6. The standard InChI is InChI=1S/C26H38F16N10O8P6/c27-19(28)11-53-63(54-12-20(19,29)30)45-61(46-64(49-63)55-13-21(31,32)22(33,34)14-56-64)43-5-3-9-51(61)7-1-2-8-52-10-4-6-44-62(52)47-65(57-15-23(35,36)24(37,38)16-58-65)50-66(48-62)59-17-25(39,40)26(41,42)18-60-66/h43-44H,1-18H2. The van der Waals surface area contributed by atoms with Gasteiger partial charge in [0.15, 0.2) is 0 Å². The highest BCUT2D eigenvalue weighted by Gasteiger charge is 2.66. The molecule has 66 heavy (non-hydrogen) atoms. The molecule has 8 rings (SSSR count). The Morgan fingerprint density at radius 1 is 0.348 bits per heavy atom. The van der Waals surface area contributed by atoms with Gasteiger partial charge in [0.1, 0.15) is 52.9 Å². The Labute approximate surface area is 363 Å². The molecule has 0 aliphatic carbocycles. The van der Waals surface area contributed by atoms with Gasteiger partial charge in [0.25, 0.3) is 0 Å². The normalized spacial score (nSPS) is 36.5. The van der Waals surface area contributed by atoms with E-state index in [9.17, 15) is 70.2 Å². The van der Waals surface area contributed by atoms with Crippen LogP contribution in [0.3, 0.4) is 0 Å². The molecule has 0 aromatic rings. The maximum atomic E-state index is 14.6. The Morgan fingerprint density at radius 3 is 0.818 bits per heavy atom. The van der Waals surface area contributed by atoms with E-state index in [-0.39, 0.29) is 65.0 Å². The summed E-state index contributed by atoms with van der Waals surface area (Å²) >= 11 is 0. The van der Waals surface area contributed by atoms with E-state index in [0.717, 1.165) is 0 Å². The predicted molar refractivity (Wildman–Crippen MR) is 201 cm³/mol. The van der Waals surface area contributed by atoms with Gasteiger partial charge in [-0.05, 0) is 25.7 Å². The molecule has 0 aromatic carbocycles. The van der Waals surface area contributed by atoms with Gasteiger partial charge in [0.05, 0.1) is 0 Å². The zero-order valence-corrected chi connectivity index (χ0v) is 38.7. The third-order valence-corrected chi connectivity index (χ3v) is 29.2. The summed E-state index contributed by atoms with van der Waals surface area (Å²) < 4.78 is 302. The lowest BCUT2D eigenvalue weighted by molar-refractivity contribution is -0.222. The zero-order valence-electron chi connectivity index (χ0n) is 33.3. The molecule has 382 valence electrons. The van der Waals surface area contributed by atoms with Gasteiger partial charge in [-0.1, -0.05) is 0 Å². The third kappa shape index (κ3) is 9.49. The van der Waals surface area contributed by atoms with Crippen molar-refractivity contribution in [2.24, 2.45) is 27.1 Å². The fourth-order valence-corrected chi connectivity index (χ4v) is 28.8. The van der Waals surface area contributed by atoms with Crippen molar-refractivity contribution in [1.82, 2.24) is 19.5 Å². The quantitative estimate of drug-likeness (QED) is 0.151. The largest absolute Gasteiger partial charge is 0.347 e. The SMILES string of the molecule is FC1(F)COP2(=NP3(=NP4(=N2)NCCCN4CCCCN2CCCNP24=NP2(=NP5(=N4)OCC(F)(F)C(F)(F)CO5)OCC(F)(F)C(F)(F)CO2)OCC(F)(F)C(F)(F)CO3)OCC1(F)F. The number of nitrogens with one attached hydrogen (secondary N) is 2. The minimum absolute atomic E-state index is 0.00381. The second-order valence-corrected chi connectivity index (χ2v) is 29.9. The second kappa shape index (κ2) is 17.2. The van der Waals surface area contributed by atoms with Gasteiger partial charge in [-0.25, -0.2) is 9.34 Å². The summed E-state index contributed by atoms with van der Waals surface area (Å²) in [7, 11) is -27.7. The number of unbranched alkanes of at least 4 members (excludes halogenated alkanes) is 1. The van der Waals surface area contributed by atoms with E-state index in [1.54, 1.807) is 0 Å². The molecule has 40 heteroatoms. The van der Waals surface area contributed by atoms with Gasteiger partial charge in [0, 0.05) is 39.3 Å². The summed E-state index contributed by atoms with van der Waals surface area (Å²) in [6.45, 7) is -16.9. The smallest absolute Gasteiger partial charge is 0.300 e. The Hall–Kier alpha value is -0.220. The molecule has 0 saturated carbocycles. The Bertz CT molecular complexity index is 1980. The molecule has 6 fully saturated rings. The summed E-state index contributed by atoms with van der Waals surface area (Å²) in [5, 5.41) is 5.80. The van der Waals surface area contributed by atoms with Crippen LogP contribution in [0.4, 0.5) is 70.2 Å². The van der Waals surface area contributed by atoms with Crippen LogP contribution < -0.4 is 10.2 Å². The lowest BCUT2D eigenvalue weighted by Crippen LogP contribution is -2.45. The highest BCUT2D eigenvalue weighted by molar-refractivity contribution is 7.81. The average molecular weight is 1110 g/mol. The van der Waals surface area contributed by atoms with Gasteiger partial charge in [0.2, 0.25) is 15.0 Å². The van der Waals surface area contributed by atoms with Crippen LogP contribution in [-0.4, -0.2) is 149 Å². The summed E-state index contributed by atoms with van der Waals surface area (Å²) in [6, 6.07) is 0. The van der Waals surface area contributed by atoms with Crippen molar-refractivity contribution < 1.29 is 106 Å². The summed E-state index contributed by atoms with van der Waals surface area (Å²) in [6.07, 6.45) is 0.569. The van der Waals surface area contributed by atoms with Crippen LogP contribution in [0.2, 0.25) is 0 Å². The summed E-state index contributed by atoms with van der Waals surface area (Å²) in [5.41, 5.74) is 0. The van der Waals surface area contributed by atoms with E-state index < -0.39 is 146 Å². The molecule has 6 spiro atoms. The first-order valence-corrected chi connectivity index (χ1v) is 28.8. The summed E-state index contributed by atoms with van der Waals surface area (Å²) in [5.74, 6) is -39.1. The third-order valence-electron chi connectivity index (χ3n) is 10.6. The van der Waals surface area contributed by atoms with E-state index in [1.807, 2.05) is 0 Å². The zero-order chi connectivity index (χ0) is 48.2. The predicted octanol–water partition coefficient (Wildman–Crippen LogP) is 11.3. The molecule has 0 bridgehead atoms. The molecule has 2 N–H and O–H groups in total. The molecule has 0 amide bonds. The van der Waals surface area contributed by atoms with E-state index >= 15 is 0 Å². The molecule has 2 atom stereocenters. The van der Waals surface area contributed by atoms with Crippen LogP contribution in [0.15, 0.2) is 27.1 Å². The van der Waals surface area contributed by atoms with Gasteiger partial charge in [-0.15, -0.1) is 9.03 Å². The minimum Gasteiger partial charge on any atom is -0.300 e. The molecule has 18 nitrogen and oxygen atoms in total. The maximum absolute atomic E-state index is 14.6. The lowest BCUT2D eigenvalue weighted by Gasteiger charge is -2.42. The van der Waals surface area contributed by atoms with Crippen molar-refractivity contribution >= 4 is 45.6 Å². The van der Waals surface area contributed by atoms with E-state index in [0.29, 0.717) is 0 Å². The van der Waals surface area contributed by atoms with Gasteiger partial charge < -0.3 is 0 Å². The van der Waals surface area contributed by atoms with E-state index in [1.165, 1.54) is 9.34 Å². The summed E-state index contributed by atoms with van der Waals surface area (Å²) in [4.78, 5) is 0. The average Bonchev–Trinajstić information content (AvgIpc) is 3.46.